The topological polar surface area (TPSA) is 97.0 Å². The molecule has 0 spiro atoms. The van der Waals surface area contributed by atoms with E-state index in [0.717, 1.165) is 18.4 Å². The molecule has 1 saturated carbocycles. The van der Waals surface area contributed by atoms with Gasteiger partial charge >= 0.3 is 6.09 Å². The predicted molar refractivity (Wildman–Crippen MR) is 134 cm³/mol. The number of benzene rings is 3. The van der Waals surface area contributed by atoms with E-state index >= 15 is 0 Å². The lowest BCUT2D eigenvalue weighted by Gasteiger charge is -2.24. The molecule has 1 heterocycles. The molecule has 3 amide bonds. The summed E-state index contributed by atoms with van der Waals surface area (Å²) in [7, 11) is 1.54. The Kier molecular flexibility index (Phi) is 6.58. The van der Waals surface area contributed by atoms with E-state index in [1.165, 1.54) is 4.90 Å². The first-order valence-electron chi connectivity index (χ1n) is 11.9. The molecule has 2 N–H and O–H groups in total. The molecule has 184 valence electrons. The zero-order chi connectivity index (χ0) is 25.1. The lowest BCUT2D eigenvalue weighted by atomic mass is 10.00. The van der Waals surface area contributed by atoms with Crippen molar-refractivity contribution in [2.75, 3.05) is 12.4 Å². The molecule has 0 bridgehead atoms. The molecule has 1 aliphatic heterocycles. The molecule has 5 rings (SSSR count). The maximum Gasteiger partial charge on any atom is 0.411 e. The Bertz CT molecular complexity index is 1270. The van der Waals surface area contributed by atoms with E-state index in [-0.39, 0.29) is 24.4 Å². The van der Waals surface area contributed by atoms with Crippen molar-refractivity contribution in [2.45, 2.75) is 37.6 Å². The van der Waals surface area contributed by atoms with Crippen molar-refractivity contribution in [3.63, 3.8) is 0 Å². The fraction of sp³-hybridized carbons (Fsp3) is 0.250. The van der Waals surface area contributed by atoms with Crippen LogP contribution in [0.4, 0.5) is 10.5 Å². The van der Waals surface area contributed by atoms with Crippen molar-refractivity contribution in [1.29, 1.82) is 0 Å². The fourth-order valence-electron chi connectivity index (χ4n) is 4.27. The summed E-state index contributed by atoms with van der Waals surface area (Å²) in [5.41, 5.74) is 2.50. The summed E-state index contributed by atoms with van der Waals surface area (Å²) < 4.78 is 10.9. The fourth-order valence-corrected chi connectivity index (χ4v) is 4.27. The van der Waals surface area contributed by atoms with Crippen molar-refractivity contribution >= 4 is 23.6 Å². The average molecular weight is 486 g/mol. The highest BCUT2D eigenvalue weighted by molar-refractivity contribution is 6.04. The maximum atomic E-state index is 13.3. The Morgan fingerprint density at radius 1 is 1.00 bits per heavy atom. The normalized spacial score (nSPS) is 18.9. The lowest BCUT2D eigenvalue weighted by molar-refractivity contribution is -0.126. The molecule has 3 aromatic carbocycles. The molecular weight excluding hydrogens is 458 g/mol. The maximum absolute atomic E-state index is 13.3. The summed E-state index contributed by atoms with van der Waals surface area (Å²) >= 11 is 0. The van der Waals surface area contributed by atoms with Crippen LogP contribution in [0.15, 0.2) is 78.9 Å². The first kappa shape index (κ1) is 23.4. The molecule has 8 heteroatoms. The van der Waals surface area contributed by atoms with Gasteiger partial charge in [0.25, 0.3) is 5.91 Å². The first-order chi connectivity index (χ1) is 17.5. The van der Waals surface area contributed by atoms with Crippen molar-refractivity contribution in [1.82, 2.24) is 10.2 Å². The molecule has 2 fully saturated rings. The predicted octanol–water partition coefficient (Wildman–Crippen LogP) is 4.29. The van der Waals surface area contributed by atoms with Crippen LogP contribution in [0.1, 0.15) is 40.4 Å². The van der Waals surface area contributed by atoms with Gasteiger partial charge in [-0.1, -0.05) is 48.5 Å². The van der Waals surface area contributed by atoms with E-state index in [0.29, 0.717) is 22.6 Å². The summed E-state index contributed by atoms with van der Waals surface area (Å²) in [5.74, 6) is 0.0376. The minimum absolute atomic E-state index is 0.140. The molecule has 0 radical (unpaired) electrons. The van der Waals surface area contributed by atoms with Gasteiger partial charge in [0.15, 0.2) is 12.1 Å². The molecule has 8 nitrogen and oxygen atoms in total. The van der Waals surface area contributed by atoms with Gasteiger partial charge in [-0.2, -0.15) is 0 Å². The number of amides is 3. The lowest BCUT2D eigenvalue weighted by Crippen LogP contribution is -2.46. The third-order valence-corrected chi connectivity index (χ3v) is 6.28. The summed E-state index contributed by atoms with van der Waals surface area (Å²) in [6.45, 7) is 0.255. The quantitative estimate of drug-likeness (QED) is 0.496. The number of cyclic esters (lactones) is 1. The number of nitrogens with zero attached hydrogens (tertiary/aromatic N) is 1. The van der Waals surface area contributed by atoms with Gasteiger partial charge in [-0.15, -0.1) is 0 Å². The SMILES string of the molecule is COc1cccc(C(=O)Nc2cccc(C3OC(=O)N(Cc4ccccc4)C3C(=O)NC3CC3)c2)c1. The van der Waals surface area contributed by atoms with Gasteiger partial charge in [-0.05, 0) is 54.3 Å². The number of rotatable bonds is 8. The van der Waals surface area contributed by atoms with Crippen molar-refractivity contribution in [2.24, 2.45) is 0 Å². The number of anilines is 1. The van der Waals surface area contributed by atoms with E-state index < -0.39 is 18.2 Å². The summed E-state index contributed by atoms with van der Waals surface area (Å²) in [6.07, 6.45) is 0.504. The molecule has 2 aliphatic rings. The molecule has 1 saturated heterocycles. The van der Waals surface area contributed by atoms with Gasteiger partial charge in [-0.3, -0.25) is 14.5 Å². The van der Waals surface area contributed by atoms with Gasteiger partial charge in [0, 0.05) is 17.3 Å². The zero-order valence-electron chi connectivity index (χ0n) is 19.8. The molecule has 2 unspecified atom stereocenters. The highest BCUT2D eigenvalue weighted by Crippen LogP contribution is 2.35. The van der Waals surface area contributed by atoms with Gasteiger partial charge in [0.2, 0.25) is 5.91 Å². The van der Waals surface area contributed by atoms with Crippen LogP contribution in [0.5, 0.6) is 5.75 Å². The molecule has 3 aromatic rings. The Balaban J connectivity index is 1.39. The van der Waals surface area contributed by atoms with Crippen LogP contribution >= 0.6 is 0 Å². The Morgan fingerprint density at radius 2 is 1.78 bits per heavy atom. The summed E-state index contributed by atoms with van der Waals surface area (Å²) in [5, 5.41) is 5.89. The van der Waals surface area contributed by atoms with Gasteiger partial charge in [0.05, 0.1) is 13.7 Å². The largest absolute Gasteiger partial charge is 0.497 e. The van der Waals surface area contributed by atoms with E-state index in [2.05, 4.69) is 10.6 Å². The second-order valence-electron chi connectivity index (χ2n) is 8.96. The Labute approximate surface area is 209 Å². The number of carbonyl (C=O) groups excluding carboxylic acids is 3. The van der Waals surface area contributed by atoms with E-state index in [1.54, 1.807) is 55.6 Å². The van der Waals surface area contributed by atoms with Crippen LogP contribution in [0, 0.1) is 0 Å². The van der Waals surface area contributed by atoms with Crippen molar-refractivity contribution in [3.05, 3.63) is 95.6 Å². The van der Waals surface area contributed by atoms with Crippen LogP contribution in [0.25, 0.3) is 0 Å². The number of hydrogen-bond acceptors (Lipinski definition) is 5. The smallest absolute Gasteiger partial charge is 0.411 e. The van der Waals surface area contributed by atoms with Crippen LogP contribution < -0.4 is 15.4 Å². The van der Waals surface area contributed by atoms with E-state index in [1.807, 2.05) is 30.3 Å². The average Bonchev–Trinajstić information content (AvgIpc) is 3.66. The second kappa shape index (κ2) is 10.1. The van der Waals surface area contributed by atoms with Gasteiger partial charge in [0.1, 0.15) is 5.75 Å². The third kappa shape index (κ3) is 5.17. The van der Waals surface area contributed by atoms with Crippen LogP contribution in [0.3, 0.4) is 0 Å². The van der Waals surface area contributed by atoms with Crippen LogP contribution in [-0.2, 0) is 16.1 Å². The minimum Gasteiger partial charge on any atom is -0.497 e. The monoisotopic (exact) mass is 485 g/mol. The first-order valence-corrected chi connectivity index (χ1v) is 11.9. The standard InChI is InChI=1S/C28H27N3O5/c1-35-23-12-6-10-20(16-23)26(32)30-22-11-5-9-19(15-22)25-24(27(33)29-21-13-14-21)31(28(34)36-25)17-18-7-3-2-4-8-18/h2-12,15-16,21,24-25H,13-14,17H2,1H3,(H,29,33)(H,30,32). The van der Waals surface area contributed by atoms with Crippen molar-refractivity contribution < 1.29 is 23.9 Å². The number of carbonyl (C=O) groups is 3. The molecular formula is C28H27N3O5. The molecule has 1 aliphatic carbocycles. The van der Waals surface area contributed by atoms with Crippen LogP contribution in [0.2, 0.25) is 0 Å². The third-order valence-electron chi connectivity index (χ3n) is 6.28. The highest BCUT2D eigenvalue weighted by atomic mass is 16.6. The minimum atomic E-state index is -0.831. The van der Waals surface area contributed by atoms with Crippen LogP contribution in [-0.4, -0.2) is 42.0 Å². The number of methoxy groups -OCH3 is 1. The Morgan fingerprint density at radius 3 is 2.53 bits per heavy atom. The number of nitrogens with one attached hydrogen (secondary N) is 2. The summed E-state index contributed by atoms with van der Waals surface area (Å²) in [4.78, 5) is 40.5. The highest BCUT2D eigenvalue weighted by Gasteiger charge is 2.48. The van der Waals surface area contributed by atoms with E-state index in [4.69, 9.17) is 9.47 Å². The number of ether oxygens (including phenoxy) is 2. The molecule has 36 heavy (non-hydrogen) atoms. The Hall–Kier alpha value is -4.33. The second-order valence-corrected chi connectivity index (χ2v) is 8.96. The number of hydrogen-bond donors (Lipinski definition) is 2. The zero-order valence-corrected chi connectivity index (χ0v) is 19.8. The summed E-state index contributed by atoms with van der Waals surface area (Å²) in [6, 6.07) is 22.7. The molecule has 0 aromatic heterocycles. The van der Waals surface area contributed by atoms with Gasteiger partial charge in [-0.25, -0.2) is 4.79 Å². The van der Waals surface area contributed by atoms with Gasteiger partial charge < -0.3 is 20.1 Å². The van der Waals surface area contributed by atoms with E-state index in [9.17, 15) is 14.4 Å². The molecule has 2 atom stereocenters. The van der Waals surface area contributed by atoms with Crippen molar-refractivity contribution in [3.8, 4) is 5.75 Å².